The van der Waals surface area contributed by atoms with Crippen molar-refractivity contribution in [1.82, 2.24) is 0 Å². The monoisotopic (exact) mass is 453 g/mol. The first-order valence-corrected chi connectivity index (χ1v) is 11.4. The largest absolute Gasteiger partial charge is 0.468 e. The Bertz CT molecular complexity index is 1340. The van der Waals surface area contributed by atoms with Gasteiger partial charge in [-0.2, -0.15) is 0 Å². The molecule has 3 aromatic carbocycles. The maximum absolute atomic E-state index is 13.7. The van der Waals surface area contributed by atoms with Crippen LogP contribution in [0.3, 0.4) is 0 Å². The molecule has 5 rings (SSSR count). The van der Waals surface area contributed by atoms with Crippen molar-refractivity contribution in [2.45, 2.75) is 24.7 Å². The number of hydrogen-bond donors (Lipinski definition) is 0. The highest BCUT2D eigenvalue weighted by molar-refractivity contribution is 6.09. The molecule has 5 heteroatoms. The average molecular weight is 454 g/mol. The lowest BCUT2D eigenvalue weighted by Gasteiger charge is -2.41. The van der Waals surface area contributed by atoms with Crippen molar-refractivity contribution in [3.8, 4) is 0 Å². The van der Waals surface area contributed by atoms with Crippen molar-refractivity contribution in [3.63, 3.8) is 0 Å². The van der Waals surface area contributed by atoms with Gasteiger partial charge < -0.3 is 9.47 Å². The van der Waals surface area contributed by atoms with Crippen molar-refractivity contribution >= 4 is 34.1 Å². The molecule has 0 unspecified atom stereocenters. The lowest BCUT2D eigenvalue weighted by atomic mass is 9.59. The first-order valence-electron chi connectivity index (χ1n) is 11.4. The first kappa shape index (κ1) is 22.1. The third-order valence-electron chi connectivity index (χ3n) is 7.83. The lowest BCUT2D eigenvalue weighted by molar-refractivity contribution is -0.170. The fourth-order valence-electron chi connectivity index (χ4n) is 6.58. The molecule has 5 nitrogen and oxygen atoms in total. The van der Waals surface area contributed by atoms with E-state index in [9.17, 15) is 9.59 Å². The minimum atomic E-state index is -1.57. The van der Waals surface area contributed by atoms with Crippen molar-refractivity contribution in [3.05, 3.63) is 90.5 Å². The van der Waals surface area contributed by atoms with Crippen LogP contribution in [0.15, 0.2) is 84.4 Å². The third-order valence-corrected chi connectivity index (χ3v) is 7.83. The number of allylic oxidation sites excluding steroid dienone is 1. The molecule has 0 radical (unpaired) electrons. The molecule has 0 amide bonds. The zero-order valence-corrected chi connectivity index (χ0v) is 19.6. The van der Waals surface area contributed by atoms with Gasteiger partial charge in [0.2, 0.25) is 0 Å². The summed E-state index contributed by atoms with van der Waals surface area (Å²) in [5, 5.41) is 2.01. The molecule has 0 N–H and O–H groups in total. The fourth-order valence-corrected chi connectivity index (χ4v) is 6.58. The van der Waals surface area contributed by atoms with Gasteiger partial charge in [-0.05, 0) is 47.2 Å². The standard InChI is InChI=1S/C29H27NO4/c1-5-20-17-28(26(31)33-3,27(32)34-4)25(22-14-10-12-19-11-6-7-13-21(19)22)29(20)18(2)30-24-16-9-8-15-23(24)29/h5-16,20,25H,1,17H2,2-4H3/t20-,25+,29+/m0/s1. The Morgan fingerprint density at radius 1 is 0.971 bits per heavy atom. The van der Waals surface area contributed by atoms with E-state index in [2.05, 4.69) is 12.6 Å². The number of nitrogens with zero attached hydrogens (tertiary/aromatic N) is 1. The Balaban J connectivity index is 1.96. The van der Waals surface area contributed by atoms with Gasteiger partial charge in [0.15, 0.2) is 5.41 Å². The molecule has 1 fully saturated rings. The molecule has 1 aliphatic heterocycles. The molecule has 1 saturated carbocycles. The Labute approximate surface area is 199 Å². The van der Waals surface area contributed by atoms with Crippen LogP contribution in [-0.2, 0) is 24.5 Å². The zero-order chi connectivity index (χ0) is 24.1. The van der Waals surface area contributed by atoms with Gasteiger partial charge in [0, 0.05) is 11.6 Å². The number of esters is 2. The first-order chi connectivity index (χ1) is 16.5. The average Bonchev–Trinajstić information content (AvgIpc) is 3.35. The van der Waals surface area contributed by atoms with Crippen LogP contribution in [0.25, 0.3) is 10.8 Å². The molecule has 1 spiro atoms. The summed E-state index contributed by atoms with van der Waals surface area (Å²) in [7, 11) is 2.65. The number of ether oxygens (including phenoxy) is 2. The van der Waals surface area contributed by atoms with Crippen LogP contribution >= 0.6 is 0 Å². The van der Waals surface area contributed by atoms with Gasteiger partial charge in [0.25, 0.3) is 0 Å². The second-order valence-electron chi connectivity index (χ2n) is 9.09. The number of carbonyl (C=O) groups excluding carboxylic acids is 2. The fraction of sp³-hybridized carbons (Fsp3) is 0.276. The van der Waals surface area contributed by atoms with Gasteiger partial charge in [-0.15, -0.1) is 6.58 Å². The summed E-state index contributed by atoms with van der Waals surface area (Å²) >= 11 is 0. The predicted octanol–water partition coefficient (Wildman–Crippen LogP) is 5.51. The van der Waals surface area contributed by atoms with Crippen LogP contribution in [0.5, 0.6) is 0 Å². The molecule has 0 aromatic heterocycles. The highest BCUT2D eigenvalue weighted by Crippen LogP contribution is 2.68. The second-order valence-corrected chi connectivity index (χ2v) is 9.09. The third kappa shape index (κ3) is 2.64. The molecule has 1 aliphatic carbocycles. The van der Waals surface area contributed by atoms with E-state index in [1.165, 1.54) is 14.2 Å². The van der Waals surface area contributed by atoms with Crippen LogP contribution in [0.2, 0.25) is 0 Å². The van der Waals surface area contributed by atoms with Crippen LogP contribution < -0.4 is 0 Å². The van der Waals surface area contributed by atoms with Crippen molar-refractivity contribution in [2.75, 3.05) is 14.2 Å². The van der Waals surface area contributed by atoms with Crippen LogP contribution in [0.1, 0.15) is 30.4 Å². The molecule has 172 valence electrons. The quantitative estimate of drug-likeness (QED) is 0.297. The van der Waals surface area contributed by atoms with Gasteiger partial charge in [0.1, 0.15) is 0 Å². The van der Waals surface area contributed by atoms with E-state index in [-0.39, 0.29) is 12.3 Å². The number of aliphatic imine (C=N–C) groups is 1. The lowest BCUT2D eigenvalue weighted by Crippen LogP contribution is -2.49. The van der Waals surface area contributed by atoms with Crippen LogP contribution in [-0.4, -0.2) is 31.9 Å². The van der Waals surface area contributed by atoms with Gasteiger partial charge >= 0.3 is 11.9 Å². The number of para-hydroxylation sites is 1. The van der Waals surface area contributed by atoms with E-state index in [1.54, 1.807) is 0 Å². The highest BCUT2D eigenvalue weighted by Gasteiger charge is 2.72. The summed E-state index contributed by atoms with van der Waals surface area (Å²) in [6.45, 7) is 6.12. The number of benzene rings is 3. The Morgan fingerprint density at radius 3 is 2.32 bits per heavy atom. The zero-order valence-electron chi connectivity index (χ0n) is 19.6. The van der Waals surface area contributed by atoms with Crippen molar-refractivity contribution in [1.29, 1.82) is 0 Å². The SMILES string of the molecule is C=C[C@H]1CC(C(=O)OC)(C(=O)OC)[C@@H](c2cccc3ccccc23)[C@]12C(C)=Nc1ccccc12. The highest BCUT2D eigenvalue weighted by atomic mass is 16.5. The summed E-state index contributed by atoms with van der Waals surface area (Å²) in [5.74, 6) is -2.06. The number of carbonyl (C=O) groups is 2. The maximum atomic E-state index is 13.7. The van der Waals surface area contributed by atoms with Crippen molar-refractivity contribution in [2.24, 2.45) is 16.3 Å². The predicted molar refractivity (Wildman–Crippen MR) is 132 cm³/mol. The maximum Gasteiger partial charge on any atom is 0.323 e. The van der Waals surface area contributed by atoms with Gasteiger partial charge in [0.05, 0.1) is 25.3 Å². The minimum Gasteiger partial charge on any atom is -0.468 e. The van der Waals surface area contributed by atoms with E-state index < -0.39 is 28.7 Å². The summed E-state index contributed by atoms with van der Waals surface area (Å²) in [6.07, 6.45) is 2.07. The molecule has 1 heterocycles. The molecule has 3 aromatic rings. The smallest absolute Gasteiger partial charge is 0.323 e. The number of methoxy groups -OCH3 is 2. The molecule has 2 aliphatic rings. The summed E-state index contributed by atoms with van der Waals surface area (Å²) in [4.78, 5) is 32.3. The molecule has 34 heavy (non-hydrogen) atoms. The number of fused-ring (bicyclic) bond motifs is 3. The normalized spacial score (nSPS) is 24.5. The second kappa shape index (κ2) is 7.94. The van der Waals surface area contributed by atoms with Crippen LogP contribution in [0.4, 0.5) is 5.69 Å². The Morgan fingerprint density at radius 2 is 1.62 bits per heavy atom. The van der Waals surface area contributed by atoms with Gasteiger partial charge in [-0.3, -0.25) is 14.6 Å². The molecule has 3 atom stereocenters. The molecule has 0 bridgehead atoms. The molecular weight excluding hydrogens is 426 g/mol. The molecular formula is C29H27NO4. The van der Waals surface area contributed by atoms with E-state index in [0.717, 1.165) is 33.3 Å². The topological polar surface area (TPSA) is 65.0 Å². The van der Waals surface area contributed by atoms with Crippen LogP contribution in [0, 0.1) is 11.3 Å². The minimum absolute atomic E-state index is 0.213. The van der Waals surface area contributed by atoms with Gasteiger partial charge in [-0.1, -0.05) is 66.7 Å². The summed E-state index contributed by atoms with van der Waals surface area (Å²) in [6, 6.07) is 22.0. The van der Waals surface area contributed by atoms with Gasteiger partial charge in [-0.25, -0.2) is 0 Å². The number of rotatable bonds is 4. The Hall–Kier alpha value is -3.73. The van der Waals surface area contributed by atoms with E-state index in [1.807, 2.05) is 73.7 Å². The number of hydrogen-bond acceptors (Lipinski definition) is 5. The Kier molecular flexibility index (Phi) is 5.16. The summed E-state index contributed by atoms with van der Waals surface area (Å²) < 4.78 is 10.7. The molecule has 0 saturated heterocycles. The summed E-state index contributed by atoms with van der Waals surface area (Å²) in [5.41, 5.74) is 1.26. The van der Waals surface area contributed by atoms with E-state index in [0.29, 0.717) is 0 Å². The van der Waals surface area contributed by atoms with E-state index in [4.69, 9.17) is 14.5 Å². The van der Waals surface area contributed by atoms with E-state index >= 15 is 0 Å². The van der Waals surface area contributed by atoms with Crippen molar-refractivity contribution < 1.29 is 19.1 Å².